The lowest BCUT2D eigenvalue weighted by atomic mass is 9.93. The van der Waals surface area contributed by atoms with Gasteiger partial charge in [0.15, 0.2) is 0 Å². The van der Waals surface area contributed by atoms with Crippen LogP contribution in [0.1, 0.15) is 43.9 Å². The van der Waals surface area contributed by atoms with Crippen molar-refractivity contribution in [1.82, 2.24) is 14.7 Å². The minimum atomic E-state index is -0.278. The van der Waals surface area contributed by atoms with Gasteiger partial charge in [-0.1, -0.05) is 54.1 Å². The van der Waals surface area contributed by atoms with E-state index >= 15 is 0 Å². The van der Waals surface area contributed by atoms with Crippen molar-refractivity contribution in [2.45, 2.75) is 45.7 Å². The van der Waals surface area contributed by atoms with Crippen molar-refractivity contribution >= 4 is 45.7 Å². The molecule has 4 aromatic rings. The highest BCUT2D eigenvalue weighted by atomic mass is 35.5. The van der Waals surface area contributed by atoms with Crippen LogP contribution in [0.5, 0.6) is 0 Å². The number of benzene rings is 3. The number of fused-ring (bicyclic) bond motifs is 2. The summed E-state index contributed by atoms with van der Waals surface area (Å²) in [5.41, 5.74) is 10.1. The van der Waals surface area contributed by atoms with E-state index < -0.39 is 0 Å². The molecule has 1 aromatic heterocycles. The molecule has 0 saturated carbocycles. The number of aryl methyl sites for hydroxylation is 1. The summed E-state index contributed by atoms with van der Waals surface area (Å²) in [4.78, 5) is 24.0. The second-order valence-corrected chi connectivity index (χ2v) is 10.4. The SMILES string of the molecule is C=C=O.CC1=C(C(=O)N2CCC[C@H]2C)C(c2ccc(C)c(Cl)c2)n2nccc2N1.Nc1ccc2ccccc2c1. The van der Waals surface area contributed by atoms with Crippen LogP contribution in [0.3, 0.4) is 0 Å². The number of anilines is 2. The summed E-state index contributed by atoms with van der Waals surface area (Å²) in [6.45, 7) is 9.55. The van der Waals surface area contributed by atoms with E-state index in [0.717, 1.165) is 53.3 Å². The highest BCUT2D eigenvalue weighted by Gasteiger charge is 2.37. The van der Waals surface area contributed by atoms with Gasteiger partial charge in [0.05, 0.1) is 11.8 Å². The van der Waals surface area contributed by atoms with E-state index in [1.165, 1.54) is 16.7 Å². The zero-order chi connectivity index (χ0) is 28.8. The average molecular weight is 556 g/mol. The number of carbonyl (C=O) groups is 1. The first-order valence-corrected chi connectivity index (χ1v) is 13.6. The number of amides is 1. The number of rotatable bonds is 2. The van der Waals surface area contributed by atoms with Crippen molar-refractivity contribution in [3.8, 4) is 0 Å². The van der Waals surface area contributed by atoms with Gasteiger partial charge < -0.3 is 16.0 Å². The smallest absolute Gasteiger partial charge is 0.254 e. The molecule has 6 rings (SSSR count). The molecule has 2 aliphatic rings. The van der Waals surface area contributed by atoms with Crippen LogP contribution < -0.4 is 11.1 Å². The molecule has 3 heterocycles. The van der Waals surface area contributed by atoms with Gasteiger partial charge in [-0.25, -0.2) is 9.48 Å². The molecule has 1 fully saturated rings. The lowest BCUT2D eigenvalue weighted by Crippen LogP contribution is -2.39. The molecule has 3 aromatic carbocycles. The normalized spacial score (nSPS) is 17.6. The van der Waals surface area contributed by atoms with Crippen LogP contribution in [0.2, 0.25) is 5.02 Å². The van der Waals surface area contributed by atoms with Gasteiger partial charge in [-0.3, -0.25) is 4.79 Å². The number of nitrogen functional groups attached to an aromatic ring is 1. The molecule has 1 amide bonds. The third-order valence-electron chi connectivity index (χ3n) is 7.24. The van der Waals surface area contributed by atoms with Crippen molar-refractivity contribution in [1.29, 1.82) is 0 Å². The first kappa shape index (κ1) is 28.7. The van der Waals surface area contributed by atoms with Gasteiger partial charge in [-0.15, -0.1) is 0 Å². The Labute approximate surface area is 239 Å². The number of nitrogens with zero attached hydrogens (tertiary/aromatic N) is 3. The molecular formula is C32H34ClN5O2. The predicted molar refractivity (Wildman–Crippen MR) is 163 cm³/mol. The molecule has 0 aliphatic carbocycles. The van der Waals surface area contributed by atoms with Gasteiger partial charge in [0.2, 0.25) is 0 Å². The van der Waals surface area contributed by atoms with Gasteiger partial charge in [-0.05, 0) is 80.3 Å². The van der Waals surface area contributed by atoms with Crippen molar-refractivity contribution in [3.63, 3.8) is 0 Å². The average Bonchev–Trinajstić information content (AvgIpc) is 3.58. The van der Waals surface area contributed by atoms with Gasteiger partial charge in [0.1, 0.15) is 17.8 Å². The van der Waals surface area contributed by atoms with Crippen molar-refractivity contribution in [2.75, 3.05) is 17.6 Å². The molecule has 3 N–H and O–H groups in total. The zero-order valence-electron chi connectivity index (χ0n) is 23.0. The van der Waals surface area contributed by atoms with Crippen LogP contribution in [0, 0.1) is 6.92 Å². The lowest BCUT2D eigenvalue weighted by molar-refractivity contribution is -0.128. The second-order valence-electron chi connectivity index (χ2n) is 9.98. The summed E-state index contributed by atoms with van der Waals surface area (Å²) in [5.74, 6) is 2.22. The number of likely N-dealkylation sites (tertiary alicyclic amines) is 1. The standard InChI is InChI=1S/C20H23ClN4O.C10H9N.C2H2O/c1-12-6-7-15(11-16(12)21)19-18(20(26)24-10-4-5-13(24)2)14(3)23-17-8-9-22-25(17)19;11-10-6-5-8-3-1-2-4-9(8)7-10;1-2-3/h6-9,11,13,19,23H,4-5,10H2,1-3H3;1-7H,11H2;1H2/t13-,19?;;/m1../s1. The summed E-state index contributed by atoms with van der Waals surface area (Å²) in [5, 5.41) is 11.0. The quantitative estimate of drug-likeness (QED) is 0.215. The fraction of sp³-hybridized carbons (Fsp3) is 0.250. The van der Waals surface area contributed by atoms with E-state index in [1.54, 1.807) is 6.20 Å². The van der Waals surface area contributed by atoms with Gasteiger partial charge in [0.25, 0.3) is 5.91 Å². The molecule has 40 heavy (non-hydrogen) atoms. The van der Waals surface area contributed by atoms with Crippen LogP contribution in [0.4, 0.5) is 11.5 Å². The fourth-order valence-electron chi connectivity index (χ4n) is 5.17. The molecule has 0 bridgehead atoms. The third-order valence-corrected chi connectivity index (χ3v) is 7.64. The molecule has 0 radical (unpaired) electrons. The summed E-state index contributed by atoms with van der Waals surface area (Å²) in [6.07, 6.45) is 3.87. The highest BCUT2D eigenvalue weighted by Crippen LogP contribution is 2.38. The number of carbonyl (C=O) groups excluding carboxylic acids is 2. The Balaban J connectivity index is 0.000000218. The molecule has 7 nitrogen and oxygen atoms in total. The minimum absolute atomic E-state index is 0.0860. The number of halogens is 1. The fourth-order valence-corrected chi connectivity index (χ4v) is 5.36. The van der Waals surface area contributed by atoms with Crippen LogP contribution >= 0.6 is 11.6 Å². The van der Waals surface area contributed by atoms with E-state index in [2.05, 4.69) is 36.1 Å². The van der Waals surface area contributed by atoms with E-state index in [9.17, 15) is 4.79 Å². The Morgan fingerprint density at radius 2 is 1.82 bits per heavy atom. The maximum Gasteiger partial charge on any atom is 0.254 e. The first-order chi connectivity index (χ1) is 19.2. The Morgan fingerprint density at radius 3 is 2.50 bits per heavy atom. The summed E-state index contributed by atoms with van der Waals surface area (Å²) in [6, 6.07) is 22.0. The Morgan fingerprint density at radius 1 is 1.10 bits per heavy atom. The molecule has 8 heteroatoms. The Kier molecular flexibility index (Phi) is 9.10. The Hall–Kier alpha value is -4.32. The lowest BCUT2D eigenvalue weighted by Gasteiger charge is -2.33. The van der Waals surface area contributed by atoms with Crippen molar-refractivity contribution in [3.05, 3.63) is 107 Å². The Bertz CT molecular complexity index is 1590. The molecular weight excluding hydrogens is 522 g/mol. The van der Waals surface area contributed by atoms with E-state index in [0.29, 0.717) is 5.02 Å². The predicted octanol–water partition coefficient (Wildman–Crippen LogP) is 6.57. The van der Waals surface area contributed by atoms with Crippen LogP contribution in [0.25, 0.3) is 10.8 Å². The summed E-state index contributed by atoms with van der Waals surface area (Å²) in [7, 11) is 0. The van der Waals surface area contributed by atoms with Gasteiger partial charge in [0, 0.05) is 35.1 Å². The number of aromatic nitrogens is 2. The number of allylic oxidation sites excluding steroid dienone is 1. The monoisotopic (exact) mass is 555 g/mol. The van der Waals surface area contributed by atoms with Crippen LogP contribution in [-0.4, -0.2) is 39.1 Å². The largest absolute Gasteiger partial charge is 0.399 e. The van der Waals surface area contributed by atoms with E-state index in [-0.39, 0.29) is 18.0 Å². The molecule has 2 aliphatic heterocycles. The molecule has 1 saturated heterocycles. The van der Waals surface area contributed by atoms with E-state index in [1.807, 2.05) is 78.0 Å². The molecule has 2 atom stereocenters. The number of nitrogens with one attached hydrogen (secondary N) is 1. The molecule has 0 spiro atoms. The topological polar surface area (TPSA) is 93.2 Å². The maximum absolute atomic E-state index is 13.4. The summed E-state index contributed by atoms with van der Waals surface area (Å²) < 4.78 is 1.88. The van der Waals surface area contributed by atoms with Crippen molar-refractivity contribution < 1.29 is 9.59 Å². The number of hydrogen-bond donors (Lipinski definition) is 2. The number of nitrogens with two attached hydrogens (primary N) is 1. The van der Waals surface area contributed by atoms with Crippen LogP contribution in [-0.2, 0) is 9.59 Å². The summed E-state index contributed by atoms with van der Waals surface area (Å²) >= 11 is 6.39. The van der Waals surface area contributed by atoms with Crippen molar-refractivity contribution in [2.24, 2.45) is 0 Å². The van der Waals surface area contributed by atoms with E-state index in [4.69, 9.17) is 22.1 Å². The zero-order valence-corrected chi connectivity index (χ0v) is 23.8. The molecule has 206 valence electrons. The third kappa shape index (κ3) is 6.12. The van der Waals surface area contributed by atoms with Crippen LogP contribution in [0.15, 0.2) is 90.8 Å². The van der Waals surface area contributed by atoms with Gasteiger partial charge >= 0.3 is 0 Å². The highest BCUT2D eigenvalue weighted by molar-refractivity contribution is 6.31. The second kappa shape index (κ2) is 12.7. The number of hydrogen-bond acceptors (Lipinski definition) is 5. The first-order valence-electron chi connectivity index (χ1n) is 13.2. The maximum atomic E-state index is 13.4. The molecule has 1 unspecified atom stereocenters. The minimum Gasteiger partial charge on any atom is -0.399 e. The van der Waals surface area contributed by atoms with Gasteiger partial charge in [-0.2, -0.15) is 5.10 Å².